The van der Waals surface area contributed by atoms with E-state index in [1.165, 1.54) is 12.1 Å². The van der Waals surface area contributed by atoms with E-state index in [2.05, 4.69) is 4.98 Å². The summed E-state index contributed by atoms with van der Waals surface area (Å²) in [4.78, 5) is 14.6. The van der Waals surface area contributed by atoms with Crippen molar-refractivity contribution in [1.82, 2.24) is 9.55 Å². The molecule has 0 saturated heterocycles. The van der Waals surface area contributed by atoms with E-state index < -0.39 is 4.92 Å². The number of nitrogen functional groups attached to an aromatic ring is 1. The maximum absolute atomic E-state index is 10.7. The Morgan fingerprint density at radius 3 is 2.39 bits per heavy atom. The van der Waals surface area contributed by atoms with Gasteiger partial charge in [-0.1, -0.05) is 42.5 Å². The number of benzene rings is 2. The molecule has 2 aromatic carbocycles. The van der Waals surface area contributed by atoms with Crippen molar-refractivity contribution in [2.45, 2.75) is 13.0 Å². The molecule has 0 aliphatic rings. The molecule has 0 aliphatic carbocycles. The summed E-state index contributed by atoms with van der Waals surface area (Å²) < 4.78 is 1.90. The molecule has 0 spiro atoms. The summed E-state index contributed by atoms with van der Waals surface area (Å²) in [6.07, 6.45) is 2.27. The molecule has 0 bridgehead atoms. The largest absolute Gasteiger partial charge is 0.384 e. The fourth-order valence-corrected chi connectivity index (χ4v) is 2.40. The Morgan fingerprint density at radius 2 is 1.74 bits per heavy atom. The molecule has 1 heterocycles. The predicted octanol–water partition coefficient (Wildman–Crippen LogP) is 3.01. The Bertz CT molecular complexity index is 810. The van der Waals surface area contributed by atoms with Crippen LogP contribution in [-0.2, 0) is 13.0 Å². The molecule has 0 amide bonds. The quantitative estimate of drug-likeness (QED) is 0.580. The van der Waals surface area contributed by atoms with Crippen LogP contribution in [0.4, 0.5) is 11.5 Å². The number of rotatable bonds is 5. The van der Waals surface area contributed by atoms with Gasteiger partial charge in [-0.25, -0.2) is 4.98 Å². The summed E-state index contributed by atoms with van der Waals surface area (Å²) in [5, 5.41) is 10.7. The van der Waals surface area contributed by atoms with Crippen LogP contribution < -0.4 is 5.73 Å². The minimum Gasteiger partial charge on any atom is -0.384 e. The minimum atomic E-state index is -0.410. The Balaban J connectivity index is 1.75. The van der Waals surface area contributed by atoms with E-state index in [1.807, 2.05) is 34.9 Å². The van der Waals surface area contributed by atoms with Gasteiger partial charge in [-0.2, -0.15) is 0 Å². The first kappa shape index (κ1) is 14.8. The number of nitro benzene ring substituents is 1. The van der Waals surface area contributed by atoms with Crippen LogP contribution >= 0.6 is 0 Å². The fraction of sp³-hybridized carbons (Fsp3) is 0.118. The van der Waals surface area contributed by atoms with Crippen LogP contribution in [0.3, 0.4) is 0 Å². The normalized spacial score (nSPS) is 10.6. The molecular formula is C17H16N4O2. The van der Waals surface area contributed by atoms with Gasteiger partial charge in [0.15, 0.2) is 0 Å². The fourth-order valence-electron chi connectivity index (χ4n) is 2.40. The molecule has 2 N–H and O–H groups in total. The number of nitro groups is 1. The molecule has 23 heavy (non-hydrogen) atoms. The molecule has 6 nitrogen and oxygen atoms in total. The van der Waals surface area contributed by atoms with Gasteiger partial charge < -0.3 is 10.3 Å². The van der Waals surface area contributed by atoms with Gasteiger partial charge in [0, 0.05) is 18.6 Å². The van der Waals surface area contributed by atoms with E-state index >= 15 is 0 Å². The molecule has 0 fully saturated rings. The van der Waals surface area contributed by atoms with Gasteiger partial charge >= 0.3 is 0 Å². The van der Waals surface area contributed by atoms with Gasteiger partial charge in [0.2, 0.25) is 0 Å². The topological polar surface area (TPSA) is 87.0 Å². The maximum Gasteiger partial charge on any atom is 0.269 e. The van der Waals surface area contributed by atoms with Crippen LogP contribution in [0.15, 0.2) is 60.9 Å². The SMILES string of the molecule is Nc1c(Cc2ccc([N+](=O)[O-])cc2)ncn1Cc1ccccc1. The lowest BCUT2D eigenvalue weighted by Gasteiger charge is -2.06. The molecule has 0 aliphatic heterocycles. The van der Waals surface area contributed by atoms with E-state index in [0.717, 1.165) is 16.8 Å². The summed E-state index contributed by atoms with van der Waals surface area (Å²) >= 11 is 0. The number of imidazole rings is 1. The van der Waals surface area contributed by atoms with E-state index in [-0.39, 0.29) is 5.69 Å². The molecule has 3 rings (SSSR count). The summed E-state index contributed by atoms with van der Waals surface area (Å²) in [5.41, 5.74) is 9.11. The van der Waals surface area contributed by atoms with Gasteiger partial charge in [0.25, 0.3) is 5.69 Å². The van der Waals surface area contributed by atoms with E-state index in [1.54, 1.807) is 18.5 Å². The third-order valence-corrected chi connectivity index (χ3v) is 3.67. The van der Waals surface area contributed by atoms with Crippen LogP contribution in [0, 0.1) is 10.1 Å². The third-order valence-electron chi connectivity index (χ3n) is 3.67. The summed E-state index contributed by atoms with van der Waals surface area (Å²) in [5.74, 6) is 0.618. The van der Waals surface area contributed by atoms with Gasteiger partial charge in [-0.3, -0.25) is 10.1 Å². The number of anilines is 1. The van der Waals surface area contributed by atoms with Gasteiger partial charge in [0.05, 0.1) is 23.5 Å². The number of nitrogens with two attached hydrogens (primary N) is 1. The van der Waals surface area contributed by atoms with Crippen molar-refractivity contribution in [3.63, 3.8) is 0 Å². The van der Waals surface area contributed by atoms with Crippen molar-refractivity contribution in [3.05, 3.63) is 87.9 Å². The Morgan fingerprint density at radius 1 is 1.04 bits per heavy atom. The van der Waals surface area contributed by atoms with Gasteiger partial charge in [0.1, 0.15) is 5.82 Å². The van der Waals surface area contributed by atoms with E-state index in [4.69, 9.17) is 5.73 Å². The summed E-state index contributed by atoms with van der Waals surface area (Å²) in [6.45, 7) is 0.667. The molecule has 0 saturated carbocycles. The summed E-state index contributed by atoms with van der Waals surface area (Å²) in [7, 11) is 0. The molecule has 0 unspecified atom stereocenters. The lowest BCUT2D eigenvalue weighted by molar-refractivity contribution is -0.384. The second-order valence-corrected chi connectivity index (χ2v) is 5.29. The highest BCUT2D eigenvalue weighted by molar-refractivity contribution is 5.42. The highest BCUT2D eigenvalue weighted by atomic mass is 16.6. The molecule has 0 atom stereocenters. The minimum absolute atomic E-state index is 0.0799. The number of hydrogen-bond donors (Lipinski definition) is 1. The zero-order chi connectivity index (χ0) is 16.2. The highest BCUT2D eigenvalue weighted by Crippen LogP contribution is 2.19. The molecular weight excluding hydrogens is 292 g/mol. The van der Waals surface area contributed by atoms with Crippen molar-refractivity contribution in [2.75, 3.05) is 5.73 Å². The van der Waals surface area contributed by atoms with Crippen LogP contribution in [0.2, 0.25) is 0 Å². The third kappa shape index (κ3) is 3.37. The van der Waals surface area contributed by atoms with E-state index in [0.29, 0.717) is 18.8 Å². The first-order valence-electron chi connectivity index (χ1n) is 7.20. The summed E-state index contributed by atoms with van der Waals surface area (Å²) in [6, 6.07) is 16.5. The van der Waals surface area contributed by atoms with Crippen LogP contribution in [0.1, 0.15) is 16.8 Å². The first-order chi connectivity index (χ1) is 11.1. The maximum atomic E-state index is 10.7. The molecule has 116 valence electrons. The second-order valence-electron chi connectivity index (χ2n) is 5.29. The van der Waals surface area contributed by atoms with Gasteiger partial charge in [-0.15, -0.1) is 0 Å². The predicted molar refractivity (Wildman–Crippen MR) is 88.1 cm³/mol. The average molecular weight is 308 g/mol. The zero-order valence-electron chi connectivity index (χ0n) is 12.4. The van der Waals surface area contributed by atoms with Crippen molar-refractivity contribution < 1.29 is 4.92 Å². The number of nitrogens with zero attached hydrogens (tertiary/aromatic N) is 3. The molecule has 6 heteroatoms. The van der Waals surface area contributed by atoms with Gasteiger partial charge in [-0.05, 0) is 11.1 Å². The van der Waals surface area contributed by atoms with Crippen molar-refractivity contribution in [3.8, 4) is 0 Å². The smallest absolute Gasteiger partial charge is 0.269 e. The van der Waals surface area contributed by atoms with Crippen LogP contribution in [0.5, 0.6) is 0 Å². The monoisotopic (exact) mass is 308 g/mol. The standard InChI is InChI=1S/C17H16N4O2/c18-17-16(10-13-6-8-15(9-7-13)21(22)23)19-12-20(17)11-14-4-2-1-3-5-14/h1-9,12H,10-11,18H2. The zero-order valence-corrected chi connectivity index (χ0v) is 12.4. The lowest BCUT2D eigenvalue weighted by atomic mass is 10.1. The average Bonchev–Trinajstić information content (AvgIpc) is 2.90. The lowest BCUT2D eigenvalue weighted by Crippen LogP contribution is -2.04. The van der Waals surface area contributed by atoms with Crippen molar-refractivity contribution in [2.24, 2.45) is 0 Å². The van der Waals surface area contributed by atoms with E-state index in [9.17, 15) is 10.1 Å². The first-order valence-corrected chi connectivity index (χ1v) is 7.20. The highest BCUT2D eigenvalue weighted by Gasteiger charge is 2.10. The van der Waals surface area contributed by atoms with Crippen molar-refractivity contribution >= 4 is 11.5 Å². The Hall–Kier alpha value is -3.15. The Kier molecular flexibility index (Phi) is 4.05. The molecule has 3 aromatic rings. The number of hydrogen-bond acceptors (Lipinski definition) is 4. The number of non-ortho nitro benzene ring substituents is 1. The van der Waals surface area contributed by atoms with Crippen LogP contribution in [0.25, 0.3) is 0 Å². The molecule has 1 aromatic heterocycles. The second kappa shape index (κ2) is 6.31. The number of aromatic nitrogens is 2. The van der Waals surface area contributed by atoms with Crippen molar-refractivity contribution in [1.29, 1.82) is 0 Å². The molecule has 0 radical (unpaired) electrons. The Labute approximate surface area is 133 Å². The van der Waals surface area contributed by atoms with Crippen LogP contribution in [-0.4, -0.2) is 14.5 Å².